The highest BCUT2D eigenvalue weighted by molar-refractivity contribution is 9.10. The molecule has 0 aliphatic rings. The third kappa shape index (κ3) is 3.78. The van der Waals surface area contributed by atoms with Crippen LogP contribution >= 0.6 is 27.5 Å². The molecule has 0 unspecified atom stereocenters. The molecule has 3 aromatic carbocycles. The number of hydrogen-bond donors (Lipinski definition) is 0. The molecule has 0 saturated heterocycles. The van der Waals surface area contributed by atoms with Crippen LogP contribution in [0, 0.1) is 6.92 Å². The Kier molecular flexibility index (Phi) is 5.19. The zero-order chi connectivity index (χ0) is 23.2. The molecule has 0 amide bonds. The maximum absolute atomic E-state index is 5.92. The minimum atomic E-state index is 0.165. The highest BCUT2D eigenvalue weighted by Crippen LogP contribution is 2.33. The first kappa shape index (κ1) is 21.1. The summed E-state index contributed by atoms with van der Waals surface area (Å²) in [6, 6.07) is 19.1. The van der Waals surface area contributed by atoms with Crippen LogP contribution in [-0.2, 0) is 13.2 Å². The van der Waals surface area contributed by atoms with Crippen LogP contribution in [0.25, 0.3) is 33.1 Å². The molecule has 0 aliphatic carbocycles. The molecule has 3 heterocycles. The summed E-state index contributed by atoms with van der Waals surface area (Å²) in [6.07, 6.45) is 0. The number of ether oxygens (including phenoxy) is 1. The lowest BCUT2D eigenvalue weighted by molar-refractivity contribution is 0.258. The first-order chi connectivity index (χ1) is 16.5. The maximum atomic E-state index is 5.92. The molecule has 168 valence electrons. The zero-order valence-electron chi connectivity index (χ0n) is 18.0. The van der Waals surface area contributed by atoms with Crippen molar-refractivity contribution in [3.8, 4) is 5.75 Å². The van der Waals surface area contributed by atoms with Crippen molar-refractivity contribution >= 4 is 60.6 Å². The SMILES string of the molecule is Cc1cc(Br)cc2c3nc4ccccc4nc3n(Cc3nnc(COc4ccc(Cl)cc4)o3)c12. The molecule has 7 nitrogen and oxygen atoms in total. The quantitative estimate of drug-likeness (QED) is 0.252. The maximum Gasteiger partial charge on any atom is 0.253 e. The van der Waals surface area contributed by atoms with Gasteiger partial charge in [-0.25, -0.2) is 9.97 Å². The Hall–Kier alpha value is -3.49. The van der Waals surface area contributed by atoms with Crippen LogP contribution in [0.5, 0.6) is 5.75 Å². The normalized spacial score (nSPS) is 11.6. The van der Waals surface area contributed by atoms with Gasteiger partial charge in [-0.2, -0.15) is 0 Å². The lowest BCUT2D eigenvalue weighted by Crippen LogP contribution is -2.02. The minimum absolute atomic E-state index is 0.165. The number of nitrogens with zero attached hydrogens (tertiary/aromatic N) is 5. The van der Waals surface area contributed by atoms with Crippen molar-refractivity contribution in [2.75, 3.05) is 0 Å². The van der Waals surface area contributed by atoms with E-state index >= 15 is 0 Å². The van der Waals surface area contributed by atoms with E-state index in [9.17, 15) is 0 Å². The van der Waals surface area contributed by atoms with Crippen LogP contribution in [-0.4, -0.2) is 24.7 Å². The van der Waals surface area contributed by atoms with E-state index in [2.05, 4.69) is 49.8 Å². The van der Waals surface area contributed by atoms with E-state index in [1.54, 1.807) is 24.3 Å². The highest BCUT2D eigenvalue weighted by atomic mass is 79.9. The van der Waals surface area contributed by atoms with Crippen molar-refractivity contribution in [1.29, 1.82) is 0 Å². The molecule has 0 spiro atoms. The lowest BCUT2D eigenvalue weighted by Gasteiger charge is -2.06. The first-order valence-electron chi connectivity index (χ1n) is 10.6. The van der Waals surface area contributed by atoms with Gasteiger partial charge in [0.25, 0.3) is 5.89 Å². The van der Waals surface area contributed by atoms with E-state index in [4.69, 9.17) is 30.7 Å². The molecule has 0 bridgehead atoms. The summed E-state index contributed by atoms with van der Waals surface area (Å²) >= 11 is 9.54. The van der Waals surface area contributed by atoms with Gasteiger partial charge in [0, 0.05) is 14.9 Å². The van der Waals surface area contributed by atoms with Gasteiger partial charge in [0.15, 0.2) is 12.3 Å². The van der Waals surface area contributed by atoms with Crippen LogP contribution < -0.4 is 4.74 Å². The Labute approximate surface area is 207 Å². The number of para-hydroxylation sites is 2. The van der Waals surface area contributed by atoms with Gasteiger partial charge in [-0.05, 0) is 61.0 Å². The monoisotopic (exact) mass is 533 g/mol. The fourth-order valence-corrected chi connectivity index (χ4v) is 4.81. The van der Waals surface area contributed by atoms with Gasteiger partial charge in [-0.15, -0.1) is 10.2 Å². The summed E-state index contributed by atoms with van der Waals surface area (Å²) in [7, 11) is 0. The smallest absolute Gasteiger partial charge is 0.253 e. The van der Waals surface area contributed by atoms with Gasteiger partial charge in [-0.3, -0.25) is 0 Å². The molecule has 0 radical (unpaired) electrons. The molecule has 0 atom stereocenters. The van der Waals surface area contributed by atoms with Crippen molar-refractivity contribution in [2.24, 2.45) is 0 Å². The predicted molar refractivity (Wildman–Crippen MR) is 134 cm³/mol. The van der Waals surface area contributed by atoms with E-state index < -0.39 is 0 Å². The van der Waals surface area contributed by atoms with E-state index in [0.717, 1.165) is 43.1 Å². The second kappa shape index (κ2) is 8.38. The third-order valence-electron chi connectivity index (χ3n) is 5.58. The van der Waals surface area contributed by atoms with E-state index in [1.165, 1.54) is 0 Å². The van der Waals surface area contributed by atoms with Crippen LogP contribution in [0.15, 0.2) is 69.6 Å². The summed E-state index contributed by atoms with van der Waals surface area (Å²) in [4.78, 5) is 9.86. The molecule has 3 aromatic heterocycles. The summed E-state index contributed by atoms with van der Waals surface area (Å²) in [5.74, 6) is 1.53. The molecule has 0 aliphatic heterocycles. The average Bonchev–Trinajstić information content (AvgIpc) is 3.40. The number of halogens is 2. The fourth-order valence-electron chi connectivity index (χ4n) is 4.12. The van der Waals surface area contributed by atoms with Crippen LogP contribution in [0.2, 0.25) is 5.02 Å². The Morgan fingerprint density at radius 3 is 2.50 bits per heavy atom. The standard InChI is InChI=1S/C25H17BrClN5O2/c1-14-10-15(26)11-18-23-25(29-20-5-3-2-4-19(20)28-23)32(24(14)18)12-21-30-31-22(34-21)13-33-17-8-6-16(27)7-9-17/h2-11H,12-13H2,1H3. The van der Waals surface area contributed by atoms with Crippen molar-refractivity contribution in [3.63, 3.8) is 0 Å². The summed E-state index contributed by atoms with van der Waals surface area (Å²) in [5.41, 5.74) is 5.42. The van der Waals surface area contributed by atoms with Gasteiger partial charge < -0.3 is 13.7 Å². The third-order valence-corrected chi connectivity index (χ3v) is 6.29. The Morgan fingerprint density at radius 2 is 1.71 bits per heavy atom. The number of fused-ring (bicyclic) bond motifs is 4. The molecule has 34 heavy (non-hydrogen) atoms. The largest absolute Gasteiger partial charge is 0.484 e. The highest BCUT2D eigenvalue weighted by Gasteiger charge is 2.19. The molecule has 0 fully saturated rings. The van der Waals surface area contributed by atoms with Crippen LogP contribution in [0.4, 0.5) is 0 Å². The summed E-state index contributed by atoms with van der Waals surface area (Å²) < 4.78 is 14.7. The molecule has 6 aromatic rings. The lowest BCUT2D eigenvalue weighted by atomic mass is 10.1. The van der Waals surface area contributed by atoms with Crippen molar-refractivity contribution in [1.82, 2.24) is 24.7 Å². The van der Waals surface area contributed by atoms with E-state index in [-0.39, 0.29) is 6.61 Å². The number of rotatable bonds is 5. The molecule has 0 N–H and O–H groups in total. The Bertz CT molecular complexity index is 1680. The van der Waals surface area contributed by atoms with E-state index in [1.807, 2.05) is 24.3 Å². The van der Waals surface area contributed by atoms with Gasteiger partial charge in [0.1, 0.15) is 17.8 Å². The molecule has 6 rings (SSSR count). The van der Waals surface area contributed by atoms with Crippen molar-refractivity contribution in [3.05, 3.63) is 87.5 Å². The van der Waals surface area contributed by atoms with Crippen molar-refractivity contribution in [2.45, 2.75) is 20.1 Å². The van der Waals surface area contributed by atoms with Crippen LogP contribution in [0.1, 0.15) is 17.3 Å². The summed E-state index contributed by atoms with van der Waals surface area (Å²) in [6.45, 7) is 2.60. The van der Waals surface area contributed by atoms with Crippen LogP contribution in [0.3, 0.4) is 0 Å². The summed E-state index contributed by atoms with van der Waals surface area (Å²) in [5, 5.41) is 10.1. The number of hydrogen-bond acceptors (Lipinski definition) is 6. The van der Waals surface area contributed by atoms with Gasteiger partial charge in [0.2, 0.25) is 5.89 Å². The molecule has 0 saturated carbocycles. The van der Waals surface area contributed by atoms with Gasteiger partial charge in [-0.1, -0.05) is 39.7 Å². The second-order valence-electron chi connectivity index (χ2n) is 7.92. The number of benzene rings is 3. The molecular weight excluding hydrogens is 518 g/mol. The minimum Gasteiger partial charge on any atom is -0.484 e. The molecule has 9 heteroatoms. The number of aryl methyl sites for hydroxylation is 1. The average molecular weight is 535 g/mol. The predicted octanol–water partition coefficient (Wildman–Crippen LogP) is 6.47. The Balaban J connectivity index is 1.39. The van der Waals surface area contributed by atoms with Crippen molar-refractivity contribution < 1.29 is 9.15 Å². The van der Waals surface area contributed by atoms with Gasteiger partial charge >= 0.3 is 0 Å². The first-order valence-corrected chi connectivity index (χ1v) is 11.8. The Morgan fingerprint density at radius 1 is 0.971 bits per heavy atom. The zero-order valence-corrected chi connectivity index (χ0v) is 20.3. The second-order valence-corrected chi connectivity index (χ2v) is 9.27. The van der Waals surface area contributed by atoms with Gasteiger partial charge in [0.05, 0.1) is 16.6 Å². The number of aromatic nitrogens is 5. The van der Waals surface area contributed by atoms with E-state index in [0.29, 0.717) is 29.1 Å². The molecular formula is C25H17BrClN5O2. The topological polar surface area (TPSA) is 78.9 Å². The fraction of sp³-hybridized carbons (Fsp3) is 0.120.